The highest BCUT2D eigenvalue weighted by atomic mass is 32.2. The van der Waals surface area contributed by atoms with E-state index in [0.717, 1.165) is 18.2 Å². The molecule has 0 amide bonds. The first-order valence-electron chi connectivity index (χ1n) is 5.10. The zero-order valence-corrected chi connectivity index (χ0v) is 11.0. The van der Waals surface area contributed by atoms with Crippen molar-refractivity contribution in [2.24, 2.45) is 0 Å². The molecule has 1 rings (SSSR count). The summed E-state index contributed by atoms with van der Waals surface area (Å²) in [4.78, 5) is 10.7. The minimum atomic E-state index is -3.80. The molecule has 0 atom stereocenters. The van der Waals surface area contributed by atoms with E-state index >= 15 is 0 Å². The number of halogens is 1. The van der Waals surface area contributed by atoms with Crippen molar-refractivity contribution in [1.82, 2.24) is 0 Å². The summed E-state index contributed by atoms with van der Waals surface area (Å²) in [6, 6.07) is 2.91. The highest BCUT2D eigenvalue weighted by Gasteiger charge is 2.29. The average Bonchev–Trinajstić information content (AvgIpc) is 2.18. The van der Waals surface area contributed by atoms with Crippen LogP contribution in [0, 0.1) is 5.82 Å². The van der Waals surface area contributed by atoms with Gasteiger partial charge in [0, 0.05) is 0 Å². The Morgan fingerprint density at radius 3 is 2.33 bits per heavy atom. The molecule has 0 spiro atoms. The molecule has 0 aliphatic rings. The largest absolute Gasteiger partial charge is 0.478 e. The molecule has 5 nitrogen and oxygen atoms in total. The third-order valence-corrected chi connectivity index (χ3v) is 4.36. The lowest BCUT2D eigenvalue weighted by Crippen LogP contribution is -2.34. The van der Waals surface area contributed by atoms with E-state index in [2.05, 4.69) is 4.72 Å². The SMILES string of the molecule is CC(C)(C)S(=O)(=O)Nc1cc(C(=O)O)ccc1F. The quantitative estimate of drug-likeness (QED) is 0.884. The molecule has 1 aromatic rings. The van der Waals surface area contributed by atoms with Crippen molar-refractivity contribution in [2.75, 3.05) is 4.72 Å². The second-order valence-electron chi connectivity index (χ2n) is 4.72. The van der Waals surface area contributed by atoms with Gasteiger partial charge in [-0.25, -0.2) is 17.6 Å². The fourth-order valence-corrected chi connectivity index (χ4v) is 1.79. The van der Waals surface area contributed by atoms with Crippen molar-refractivity contribution < 1.29 is 22.7 Å². The number of aromatic carboxylic acids is 1. The Bertz CT molecular complexity index is 575. The molecule has 0 aromatic heterocycles. The summed E-state index contributed by atoms with van der Waals surface area (Å²) >= 11 is 0. The molecule has 2 N–H and O–H groups in total. The maximum absolute atomic E-state index is 13.4. The van der Waals surface area contributed by atoms with Gasteiger partial charge in [0.15, 0.2) is 0 Å². The molecular formula is C11H14FNO4S. The van der Waals surface area contributed by atoms with Crippen LogP contribution in [0.15, 0.2) is 18.2 Å². The molecule has 0 fully saturated rings. The molecule has 1 aromatic carbocycles. The highest BCUT2D eigenvalue weighted by molar-refractivity contribution is 7.94. The first-order valence-corrected chi connectivity index (χ1v) is 6.58. The molecular weight excluding hydrogens is 261 g/mol. The van der Waals surface area contributed by atoms with E-state index in [-0.39, 0.29) is 11.3 Å². The van der Waals surface area contributed by atoms with Gasteiger partial charge in [-0.15, -0.1) is 0 Å². The van der Waals surface area contributed by atoms with Crippen LogP contribution < -0.4 is 4.72 Å². The van der Waals surface area contributed by atoms with Crippen LogP contribution in [0.3, 0.4) is 0 Å². The standard InChI is InChI=1S/C11H14FNO4S/c1-11(2,3)18(16,17)13-9-6-7(10(14)15)4-5-8(9)12/h4-6,13H,1-3H3,(H,14,15). The van der Waals surface area contributed by atoms with E-state index < -0.39 is 26.6 Å². The van der Waals surface area contributed by atoms with E-state index in [0.29, 0.717) is 0 Å². The van der Waals surface area contributed by atoms with Gasteiger partial charge in [-0.3, -0.25) is 4.72 Å². The maximum Gasteiger partial charge on any atom is 0.335 e. The minimum Gasteiger partial charge on any atom is -0.478 e. The van der Waals surface area contributed by atoms with Gasteiger partial charge < -0.3 is 5.11 Å². The van der Waals surface area contributed by atoms with E-state index in [1.807, 2.05) is 0 Å². The van der Waals surface area contributed by atoms with Crippen LogP contribution in [0.4, 0.5) is 10.1 Å². The Balaban J connectivity index is 3.20. The minimum absolute atomic E-state index is 0.192. The summed E-state index contributed by atoms with van der Waals surface area (Å²) in [6.07, 6.45) is 0. The Morgan fingerprint density at radius 1 is 1.33 bits per heavy atom. The molecule has 0 unspecified atom stereocenters. The smallest absolute Gasteiger partial charge is 0.335 e. The van der Waals surface area contributed by atoms with E-state index in [1.54, 1.807) is 0 Å². The number of carboxylic acid groups (broad SMARTS) is 1. The molecule has 0 aliphatic carbocycles. The van der Waals surface area contributed by atoms with Crippen LogP contribution >= 0.6 is 0 Å². The molecule has 7 heteroatoms. The summed E-state index contributed by atoms with van der Waals surface area (Å²) in [6.45, 7) is 4.36. The Hall–Kier alpha value is -1.63. The third-order valence-electron chi connectivity index (χ3n) is 2.26. The zero-order chi connectivity index (χ0) is 14.1. The Kier molecular flexibility index (Phi) is 3.66. The number of carboxylic acids is 1. The van der Waals surface area contributed by atoms with Crippen LogP contribution in [0.1, 0.15) is 31.1 Å². The predicted molar refractivity (Wildman–Crippen MR) is 65.7 cm³/mol. The van der Waals surface area contributed by atoms with Gasteiger partial charge >= 0.3 is 5.97 Å². The van der Waals surface area contributed by atoms with Crippen LogP contribution in [0.2, 0.25) is 0 Å². The average molecular weight is 275 g/mol. The number of hydrogen-bond acceptors (Lipinski definition) is 3. The first-order chi connectivity index (χ1) is 8.04. The molecule has 0 radical (unpaired) electrons. The molecule has 0 heterocycles. The van der Waals surface area contributed by atoms with Gasteiger partial charge in [-0.05, 0) is 39.0 Å². The van der Waals surface area contributed by atoms with Gasteiger partial charge in [-0.2, -0.15) is 0 Å². The lowest BCUT2D eigenvalue weighted by Gasteiger charge is -2.20. The number of benzene rings is 1. The predicted octanol–water partition coefficient (Wildman–Crippen LogP) is 2.06. The van der Waals surface area contributed by atoms with Crippen molar-refractivity contribution in [3.63, 3.8) is 0 Å². The fraction of sp³-hybridized carbons (Fsp3) is 0.364. The number of nitrogens with one attached hydrogen (secondary N) is 1. The van der Waals surface area contributed by atoms with E-state index in [9.17, 15) is 17.6 Å². The number of sulfonamides is 1. The topological polar surface area (TPSA) is 83.5 Å². The Labute approximate surface area is 105 Å². The van der Waals surface area contributed by atoms with Gasteiger partial charge in [-0.1, -0.05) is 0 Å². The van der Waals surface area contributed by atoms with Crippen LogP contribution in [0.25, 0.3) is 0 Å². The first kappa shape index (κ1) is 14.4. The van der Waals surface area contributed by atoms with Gasteiger partial charge in [0.1, 0.15) is 5.82 Å². The van der Waals surface area contributed by atoms with Crippen molar-refractivity contribution in [3.8, 4) is 0 Å². The van der Waals surface area contributed by atoms with Crippen LogP contribution in [-0.4, -0.2) is 24.2 Å². The van der Waals surface area contributed by atoms with Gasteiger partial charge in [0.25, 0.3) is 0 Å². The molecule has 18 heavy (non-hydrogen) atoms. The molecule has 0 aliphatic heterocycles. The van der Waals surface area contributed by atoms with Crippen molar-refractivity contribution >= 4 is 21.7 Å². The third kappa shape index (κ3) is 2.98. The van der Waals surface area contributed by atoms with Crippen molar-refractivity contribution in [3.05, 3.63) is 29.6 Å². The van der Waals surface area contributed by atoms with E-state index in [1.165, 1.54) is 20.8 Å². The zero-order valence-electron chi connectivity index (χ0n) is 10.2. The van der Waals surface area contributed by atoms with Gasteiger partial charge in [0.05, 0.1) is 16.0 Å². The maximum atomic E-state index is 13.4. The summed E-state index contributed by atoms with van der Waals surface area (Å²) < 4.78 is 38.0. The normalized spacial score (nSPS) is 12.2. The Morgan fingerprint density at radius 2 is 1.89 bits per heavy atom. The number of hydrogen-bond donors (Lipinski definition) is 2. The lowest BCUT2D eigenvalue weighted by atomic mass is 10.2. The monoisotopic (exact) mass is 275 g/mol. The molecule has 100 valence electrons. The second-order valence-corrected chi connectivity index (χ2v) is 7.15. The molecule has 0 bridgehead atoms. The van der Waals surface area contributed by atoms with Crippen molar-refractivity contribution in [1.29, 1.82) is 0 Å². The van der Waals surface area contributed by atoms with Crippen LogP contribution in [0.5, 0.6) is 0 Å². The molecule has 0 saturated carbocycles. The van der Waals surface area contributed by atoms with Crippen LogP contribution in [-0.2, 0) is 10.0 Å². The fourth-order valence-electron chi connectivity index (χ4n) is 1.03. The summed E-state index contributed by atoms with van der Waals surface area (Å²) in [5, 5.41) is 8.76. The second kappa shape index (κ2) is 4.56. The lowest BCUT2D eigenvalue weighted by molar-refractivity contribution is 0.0697. The number of carbonyl (C=O) groups is 1. The summed E-state index contributed by atoms with van der Waals surface area (Å²) in [5.74, 6) is -2.08. The summed E-state index contributed by atoms with van der Waals surface area (Å²) in [5.41, 5.74) is -0.562. The van der Waals surface area contributed by atoms with Crippen molar-refractivity contribution in [2.45, 2.75) is 25.5 Å². The number of anilines is 1. The highest BCUT2D eigenvalue weighted by Crippen LogP contribution is 2.22. The van der Waals surface area contributed by atoms with E-state index in [4.69, 9.17) is 5.11 Å². The van der Waals surface area contributed by atoms with Gasteiger partial charge in [0.2, 0.25) is 10.0 Å². The summed E-state index contributed by atoms with van der Waals surface area (Å²) in [7, 11) is -3.80. The number of rotatable bonds is 3. The molecule has 0 saturated heterocycles.